The van der Waals surface area contributed by atoms with Crippen LogP contribution in [-0.2, 0) is 13.1 Å². The largest absolute Gasteiger partial charge is 0.493 e. The summed E-state index contributed by atoms with van der Waals surface area (Å²) in [6.45, 7) is 5.67. The van der Waals surface area contributed by atoms with Crippen LogP contribution >= 0.6 is 12.4 Å². The van der Waals surface area contributed by atoms with Gasteiger partial charge in [0, 0.05) is 13.1 Å². The summed E-state index contributed by atoms with van der Waals surface area (Å²) >= 11 is 0. The van der Waals surface area contributed by atoms with Crippen LogP contribution in [0.1, 0.15) is 25.0 Å². The number of carbonyl (C=O) groups is 1. The van der Waals surface area contributed by atoms with Crippen molar-refractivity contribution in [1.29, 1.82) is 0 Å². The van der Waals surface area contributed by atoms with Gasteiger partial charge in [0.25, 0.3) is 0 Å². The Morgan fingerprint density at radius 3 is 1.92 bits per heavy atom. The highest BCUT2D eigenvalue weighted by atomic mass is 35.5. The molecule has 0 atom stereocenters. The van der Waals surface area contributed by atoms with E-state index in [-0.39, 0.29) is 24.3 Å². The first kappa shape index (κ1) is 20.8. The molecule has 25 heavy (non-hydrogen) atoms. The van der Waals surface area contributed by atoms with Gasteiger partial charge in [-0.1, -0.05) is 38.1 Å². The Balaban J connectivity index is 0.00000312. The third-order valence-electron chi connectivity index (χ3n) is 3.33. The van der Waals surface area contributed by atoms with Crippen LogP contribution in [0, 0.1) is 11.7 Å². The molecule has 0 bridgehead atoms. The second-order valence-electron chi connectivity index (χ2n) is 6.01. The number of rotatable bonds is 7. The SMILES string of the molecule is CC(C)COc1ccc(CNC(=O)NCc2ccc(F)cc2)cc1.Cl. The molecular formula is C19H24ClFN2O2. The molecule has 2 aromatic carbocycles. The lowest BCUT2D eigenvalue weighted by Crippen LogP contribution is -2.34. The van der Waals surface area contributed by atoms with E-state index in [9.17, 15) is 9.18 Å². The van der Waals surface area contributed by atoms with E-state index in [1.807, 2.05) is 24.3 Å². The van der Waals surface area contributed by atoms with Crippen molar-refractivity contribution in [3.8, 4) is 5.75 Å². The van der Waals surface area contributed by atoms with E-state index >= 15 is 0 Å². The normalized spacial score (nSPS) is 10.1. The first-order chi connectivity index (χ1) is 11.5. The van der Waals surface area contributed by atoms with Crippen LogP contribution in [0.4, 0.5) is 9.18 Å². The Hall–Kier alpha value is -2.27. The minimum atomic E-state index is -0.288. The molecule has 0 aliphatic rings. The van der Waals surface area contributed by atoms with Crippen molar-refractivity contribution < 1.29 is 13.9 Å². The highest BCUT2D eigenvalue weighted by molar-refractivity contribution is 5.85. The number of hydrogen-bond acceptors (Lipinski definition) is 2. The molecular weight excluding hydrogens is 343 g/mol. The fourth-order valence-corrected chi connectivity index (χ4v) is 2.00. The maximum atomic E-state index is 12.8. The smallest absolute Gasteiger partial charge is 0.315 e. The summed E-state index contributed by atoms with van der Waals surface area (Å²) in [5, 5.41) is 5.52. The average Bonchev–Trinajstić information content (AvgIpc) is 2.58. The molecule has 2 aromatic rings. The minimum absolute atomic E-state index is 0. The molecule has 0 unspecified atom stereocenters. The maximum absolute atomic E-state index is 12.8. The quantitative estimate of drug-likeness (QED) is 0.768. The number of urea groups is 1. The van der Waals surface area contributed by atoms with Gasteiger partial charge in [-0.3, -0.25) is 0 Å². The van der Waals surface area contributed by atoms with Crippen LogP contribution in [0.5, 0.6) is 5.75 Å². The van der Waals surface area contributed by atoms with Crippen molar-refractivity contribution in [2.45, 2.75) is 26.9 Å². The lowest BCUT2D eigenvalue weighted by molar-refractivity contribution is 0.240. The molecule has 2 N–H and O–H groups in total. The van der Waals surface area contributed by atoms with Gasteiger partial charge in [-0.05, 0) is 41.3 Å². The van der Waals surface area contributed by atoms with Gasteiger partial charge in [-0.25, -0.2) is 9.18 Å². The molecule has 2 rings (SSSR count). The van der Waals surface area contributed by atoms with E-state index in [0.29, 0.717) is 25.6 Å². The summed E-state index contributed by atoms with van der Waals surface area (Å²) in [6, 6.07) is 13.4. The van der Waals surface area contributed by atoms with Crippen LogP contribution in [0.15, 0.2) is 48.5 Å². The van der Waals surface area contributed by atoms with Crippen molar-refractivity contribution in [3.63, 3.8) is 0 Å². The molecule has 0 saturated carbocycles. The van der Waals surface area contributed by atoms with E-state index in [1.165, 1.54) is 12.1 Å². The zero-order chi connectivity index (χ0) is 17.4. The number of amides is 2. The van der Waals surface area contributed by atoms with Crippen LogP contribution in [0.2, 0.25) is 0 Å². The zero-order valence-electron chi connectivity index (χ0n) is 14.4. The van der Waals surface area contributed by atoms with Crippen molar-refractivity contribution in [2.24, 2.45) is 5.92 Å². The Morgan fingerprint density at radius 1 is 0.960 bits per heavy atom. The number of nitrogens with one attached hydrogen (secondary N) is 2. The van der Waals surface area contributed by atoms with E-state index in [2.05, 4.69) is 24.5 Å². The third kappa shape index (κ3) is 7.90. The van der Waals surface area contributed by atoms with Gasteiger partial charge in [0.2, 0.25) is 0 Å². The van der Waals surface area contributed by atoms with Gasteiger partial charge in [-0.15, -0.1) is 12.4 Å². The molecule has 0 saturated heterocycles. The lowest BCUT2D eigenvalue weighted by atomic mass is 10.2. The molecule has 0 aromatic heterocycles. The van der Waals surface area contributed by atoms with Crippen LogP contribution in [0.25, 0.3) is 0 Å². The Kier molecular flexibility index (Phi) is 8.78. The highest BCUT2D eigenvalue weighted by Crippen LogP contribution is 2.13. The number of benzene rings is 2. The van der Waals surface area contributed by atoms with Crippen LogP contribution < -0.4 is 15.4 Å². The van der Waals surface area contributed by atoms with Gasteiger partial charge in [-0.2, -0.15) is 0 Å². The van der Waals surface area contributed by atoms with Gasteiger partial charge >= 0.3 is 6.03 Å². The van der Waals surface area contributed by atoms with E-state index in [4.69, 9.17) is 4.74 Å². The van der Waals surface area contributed by atoms with Crippen molar-refractivity contribution >= 4 is 18.4 Å². The predicted octanol–water partition coefficient (Wildman–Crippen LogP) is 4.28. The van der Waals surface area contributed by atoms with Gasteiger partial charge < -0.3 is 15.4 Å². The molecule has 4 nitrogen and oxygen atoms in total. The topological polar surface area (TPSA) is 50.4 Å². The number of halogens is 2. The molecule has 136 valence electrons. The van der Waals surface area contributed by atoms with E-state index in [1.54, 1.807) is 12.1 Å². The number of carbonyl (C=O) groups excluding carboxylic acids is 1. The van der Waals surface area contributed by atoms with Gasteiger partial charge in [0.15, 0.2) is 0 Å². The summed E-state index contributed by atoms with van der Waals surface area (Å²) in [4.78, 5) is 11.8. The molecule has 0 spiro atoms. The Bertz CT molecular complexity index is 645. The summed E-state index contributed by atoms with van der Waals surface area (Å²) < 4.78 is 18.4. The predicted molar refractivity (Wildman–Crippen MR) is 99.5 cm³/mol. The summed E-state index contributed by atoms with van der Waals surface area (Å²) in [5.74, 6) is 1.02. The molecule has 0 aliphatic carbocycles. The standard InChI is InChI=1S/C19H23FN2O2.ClH/c1-14(2)13-24-18-9-5-16(6-10-18)12-22-19(23)21-11-15-3-7-17(20)8-4-15;/h3-10,14H,11-13H2,1-2H3,(H2,21,22,23);1H. The Morgan fingerprint density at radius 2 is 1.44 bits per heavy atom. The molecule has 0 heterocycles. The minimum Gasteiger partial charge on any atom is -0.493 e. The first-order valence-electron chi connectivity index (χ1n) is 8.01. The van der Waals surface area contributed by atoms with Gasteiger partial charge in [0.1, 0.15) is 11.6 Å². The highest BCUT2D eigenvalue weighted by Gasteiger charge is 2.02. The average molecular weight is 367 g/mol. The molecule has 2 amide bonds. The molecule has 0 radical (unpaired) electrons. The van der Waals surface area contributed by atoms with E-state index < -0.39 is 0 Å². The van der Waals surface area contributed by atoms with Gasteiger partial charge in [0.05, 0.1) is 6.61 Å². The lowest BCUT2D eigenvalue weighted by Gasteiger charge is -2.10. The second kappa shape index (κ2) is 10.6. The second-order valence-corrected chi connectivity index (χ2v) is 6.01. The summed E-state index contributed by atoms with van der Waals surface area (Å²) in [7, 11) is 0. The van der Waals surface area contributed by atoms with Crippen molar-refractivity contribution in [1.82, 2.24) is 10.6 Å². The summed E-state index contributed by atoms with van der Waals surface area (Å²) in [5.41, 5.74) is 1.84. The fourth-order valence-electron chi connectivity index (χ4n) is 2.00. The molecule has 6 heteroatoms. The Labute approximate surface area is 154 Å². The summed E-state index contributed by atoms with van der Waals surface area (Å²) in [6.07, 6.45) is 0. The number of hydrogen-bond donors (Lipinski definition) is 2. The molecule has 0 aliphatic heterocycles. The third-order valence-corrected chi connectivity index (χ3v) is 3.33. The van der Waals surface area contributed by atoms with E-state index in [0.717, 1.165) is 16.9 Å². The maximum Gasteiger partial charge on any atom is 0.315 e. The number of ether oxygens (including phenoxy) is 1. The van der Waals surface area contributed by atoms with Crippen molar-refractivity contribution in [2.75, 3.05) is 6.61 Å². The van der Waals surface area contributed by atoms with Crippen LogP contribution in [-0.4, -0.2) is 12.6 Å². The fraction of sp³-hybridized carbons (Fsp3) is 0.316. The molecule has 0 fully saturated rings. The van der Waals surface area contributed by atoms with Crippen LogP contribution in [0.3, 0.4) is 0 Å². The monoisotopic (exact) mass is 366 g/mol. The first-order valence-corrected chi connectivity index (χ1v) is 8.01. The zero-order valence-corrected chi connectivity index (χ0v) is 15.2. The van der Waals surface area contributed by atoms with Crippen molar-refractivity contribution in [3.05, 3.63) is 65.5 Å².